The van der Waals surface area contributed by atoms with Gasteiger partial charge in [0.25, 0.3) is 11.8 Å². The summed E-state index contributed by atoms with van der Waals surface area (Å²) in [6.45, 7) is 0. The highest BCUT2D eigenvalue weighted by molar-refractivity contribution is 9.10. The molecule has 2 N–H and O–H groups in total. The molecule has 2 aromatic rings. The number of carbonyl (C=O) groups excluding carboxylic acids is 2. The summed E-state index contributed by atoms with van der Waals surface area (Å²) in [5, 5.41) is 0. The molecule has 0 saturated carbocycles. The first kappa shape index (κ1) is 18.6. The number of methoxy groups -OCH3 is 3. The number of halogens is 1. The molecule has 0 saturated heterocycles. The molecule has 2 aromatic carbocycles. The van der Waals surface area contributed by atoms with E-state index < -0.39 is 11.8 Å². The fraction of sp³-hybridized carbons (Fsp3) is 0.176. The molecule has 8 heteroatoms. The van der Waals surface area contributed by atoms with E-state index in [9.17, 15) is 9.59 Å². The monoisotopic (exact) mass is 408 g/mol. The first-order valence-corrected chi connectivity index (χ1v) is 7.95. The Balaban J connectivity index is 2.04. The summed E-state index contributed by atoms with van der Waals surface area (Å²) in [6, 6.07) is 9.51. The minimum atomic E-state index is -0.484. The molecule has 0 bridgehead atoms. The molecule has 0 unspecified atom stereocenters. The molecule has 0 atom stereocenters. The van der Waals surface area contributed by atoms with Gasteiger partial charge in [0.15, 0.2) is 11.5 Å². The third-order valence-electron chi connectivity index (χ3n) is 3.35. The Bertz CT molecular complexity index is 795. The molecule has 2 rings (SSSR count). The van der Waals surface area contributed by atoms with Gasteiger partial charge in [0, 0.05) is 11.1 Å². The van der Waals surface area contributed by atoms with Gasteiger partial charge in [-0.15, -0.1) is 0 Å². The van der Waals surface area contributed by atoms with E-state index >= 15 is 0 Å². The summed E-state index contributed by atoms with van der Waals surface area (Å²) in [6.07, 6.45) is 0. The van der Waals surface area contributed by atoms with Gasteiger partial charge in [-0.1, -0.05) is 0 Å². The zero-order chi connectivity index (χ0) is 18.4. The van der Waals surface area contributed by atoms with Gasteiger partial charge in [-0.05, 0) is 52.3 Å². The Morgan fingerprint density at radius 1 is 0.760 bits per heavy atom. The van der Waals surface area contributed by atoms with Crippen molar-refractivity contribution in [2.75, 3.05) is 21.3 Å². The first-order valence-electron chi connectivity index (χ1n) is 7.16. The minimum absolute atomic E-state index is 0.314. The van der Waals surface area contributed by atoms with Gasteiger partial charge in [-0.3, -0.25) is 20.4 Å². The van der Waals surface area contributed by atoms with Gasteiger partial charge in [-0.25, -0.2) is 0 Å². The number of hydrazine groups is 1. The van der Waals surface area contributed by atoms with Crippen molar-refractivity contribution in [1.29, 1.82) is 0 Å². The predicted molar refractivity (Wildman–Crippen MR) is 95.2 cm³/mol. The van der Waals surface area contributed by atoms with Gasteiger partial charge in [0.1, 0.15) is 5.75 Å². The van der Waals surface area contributed by atoms with E-state index in [1.807, 2.05) is 0 Å². The number of nitrogens with one attached hydrogen (secondary N) is 2. The van der Waals surface area contributed by atoms with Crippen LogP contribution in [-0.4, -0.2) is 33.1 Å². The Morgan fingerprint density at radius 2 is 1.24 bits per heavy atom. The van der Waals surface area contributed by atoms with Crippen molar-refractivity contribution >= 4 is 27.7 Å². The Labute approximate surface area is 153 Å². The highest BCUT2D eigenvalue weighted by Crippen LogP contribution is 2.27. The van der Waals surface area contributed by atoms with Crippen LogP contribution in [0.3, 0.4) is 0 Å². The fourth-order valence-electron chi connectivity index (χ4n) is 2.04. The number of hydrogen-bond acceptors (Lipinski definition) is 5. The maximum Gasteiger partial charge on any atom is 0.269 e. The van der Waals surface area contributed by atoms with Crippen LogP contribution in [0.4, 0.5) is 0 Å². The molecule has 0 aromatic heterocycles. The summed E-state index contributed by atoms with van der Waals surface area (Å²) >= 11 is 3.30. The standard InChI is InChI=1S/C17H17BrN2O5/c1-23-13-6-4-10(8-12(13)18)16(21)19-20-17(22)11-5-7-14(24-2)15(9-11)25-3/h4-9H,1-3H3,(H,19,21)(H,20,22). The highest BCUT2D eigenvalue weighted by Gasteiger charge is 2.13. The topological polar surface area (TPSA) is 85.9 Å². The molecule has 132 valence electrons. The van der Waals surface area contributed by atoms with Crippen LogP contribution in [0, 0.1) is 0 Å². The van der Waals surface area contributed by atoms with E-state index in [1.54, 1.807) is 30.3 Å². The zero-order valence-corrected chi connectivity index (χ0v) is 15.5. The quantitative estimate of drug-likeness (QED) is 0.742. The normalized spacial score (nSPS) is 9.92. The molecular formula is C17H17BrN2O5. The number of benzene rings is 2. The molecule has 0 heterocycles. The van der Waals surface area contributed by atoms with Gasteiger partial charge in [0.2, 0.25) is 0 Å². The number of amides is 2. The SMILES string of the molecule is COc1ccc(C(=O)NNC(=O)c2ccc(OC)c(OC)c2)cc1Br. The van der Waals surface area contributed by atoms with Crippen molar-refractivity contribution < 1.29 is 23.8 Å². The van der Waals surface area contributed by atoms with Crippen LogP contribution < -0.4 is 25.1 Å². The maximum atomic E-state index is 12.2. The molecule has 25 heavy (non-hydrogen) atoms. The van der Waals surface area contributed by atoms with E-state index in [-0.39, 0.29) is 0 Å². The Morgan fingerprint density at radius 3 is 1.72 bits per heavy atom. The molecule has 0 aliphatic heterocycles. The fourth-order valence-corrected chi connectivity index (χ4v) is 2.58. The van der Waals surface area contributed by atoms with E-state index in [0.717, 1.165) is 0 Å². The van der Waals surface area contributed by atoms with E-state index in [2.05, 4.69) is 26.8 Å². The number of carbonyl (C=O) groups is 2. The van der Waals surface area contributed by atoms with Crippen molar-refractivity contribution in [3.8, 4) is 17.2 Å². The van der Waals surface area contributed by atoms with Crippen molar-refractivity contribution in [3.63, 3.8) is 0 Å². The number of ether oxygens (including phenoxy) is 3. The maximum absolute atomic E-state index is 12.2. The lowest BCUT2D eigenvalue weighted by Gasteiger charge is -2.11. The third kappa shape index (κ3) is 4.42. The average molecular weight is 409 g/mol. The van der Waals surface area contributed by atoms with E-state index in [0.29, 0.717) is 32.8 Å². The summed E-state index contributed by atoms with van der Waals surface area (Å²) in [4.78, 5) is 24.3. The molecule has 0 radical (unpaired) electrons. The van der Waals surface area contributed by atoms with E-state index in [1.165, 1.54) is 27.4 Å². The first-order chi connectivity index (χ1) is 12.0. The number of rotatable bonds is 5. The second-order valence-corrected chi connectivity index (χ2v) is 5.68. The van der Waals surface area contributed by atoms with Crippen LogP contribution in [0.15, 0.2) is 40.9 Å². The third-order valence-corrected chi connectivity index (χ3v) is 3.97. The molecule has 0 fully saturated rings. The second kappa shape index (κ2) is 8.39. The summed E-state index contributed by atoms with van der Waals surface area (Å²) in [5.74, 6) is 0.580. The molecule has 7 nitrogen and oxygen atoms in total. The smallest absolute Gasteiger partial charge is 0.269 e. The van der Waals surface area contributed by atoms with Gasteiger partial charge in [0.05, 0.1) is 25.8 Å². The van der Waals surface area contributed by atoms with Crippen LogP contribution in [0.25, 0.3) is 0 Å². The lowest BCUT2D eigenvalue weighted by atomic mass is 10.2. The summed E-state index contributed by atoms with van der Waals surface area (Å²) in [7, 11) is 4.51. The second-order valence-electron chi connectivity index (χ2n) is 4.83. The van der Waals surface area contributed by atoms with Crippen LogP contribution >= 0.6 is 15.9 Å². The number of hydrogen-bond donors (Lipinski definition) is 2. The largest absolute Gasteiger partial charge is 0.496 e. The van der Waals surface area contributed by atoms with Gasteiger partial charge in [-0.2, -0.15) is 0 Å². The molecule has 0 aliphatic carbocycles. The molecule has 2 amide bonds. The average Bonchev–Trinajstić information content (AvgIpc) is 2.64. The van der Waals surface area contributed by atoms with Crippen LogP contribution in [0.1, 0.15) is 20.7 Å². The Hall–Kier alpha value is -2.74. The van der Waals surface area contributed by atoms with Crippen molar-refractivity contribution in [1.82, 2.24) is 10.9 Å². The van der Waals surface area contributed by atoms with Crippen molar-refractivity contribution in [2.45, 2.75) is 0 Å². The van der Waals surface area contributed by atoms with Crippen LogP contribution in [0.5, 0.6) is 17.2 Å². The van der Waals surface area contributed by atoms with Crippen molar-refractivity contribution in [3.05, 3.63) is 52.0 Å². The Kier molecular flexibility index (Phi) is 6.24. The summed E-state index contributed by atoms with van der Waals surface area (Å²) in [5.41, 5.74) is 5.38. The van der Waals surface area contributed by atoms with Gasteiger partial charge >= 0.3 is 0 Å². The van der Waals surface area contributed by atoms with Crippen molar-refractivity contribution in [2.24, 2.45) is 0 Å². The zero-order valence-electron chi connectivity index (χ0n) is 13.9. The van der Waals surface area contributed by atoms with Gasteiger partial charge < -0.3 is 14.2 Å². The van der Waals surface area contributed by atoms with Crippen LogP contribution in [-0.2, 0) is 0 Å². The lowest BCUT2D eigenvalue weighted by molar-refractivity contribution is 0.0846. The predicted octanol–water partition coefficient (Wildman–Crippen LogP) is 2.55. The molecule has 0 spiro atoms. The highest BCUT2D eigenvalue weighted by atomic mass is 79.9. The molecule has 0 aliphatic rings. The lowest BCUT2D eigenvalue weighted by Crippen LogP contribution is -2.41. The molecular weight excluding hydrogens is 392 g/mol. The van der Waals surface area contributed by atoms with E-state index in [4.69, 9.17) is 14.2 Å². The summed E-state index contributed by atoms with van der Waals surface area (Å²) < 4.78 is 16.0. The van der Waals surface area contributed by atoms with Crippen LogP contribution in [0.2, 0.25) is 0 Å². The minimum Gasteiger partial charge on any atom is -0.496 e.